The SMILES string of the molecule is CO[C@H](C)[C@H](NC(=O)OCC1c2ccccc2-c2ccccc21)C(=O)NC1CCOC1C(=O)O. The second-order valence-corrected chi connectivity index (χ2v) is 8.42. The lowest BCUT2D eigenvalue weighted by Crippen LogP contribution is -2.56. The summed E-state index contributed by atoms with van der Waals surface area (Å²) in [5, 5.41) is 14.5. The molecule has 2 aliphatic rings. The van der Waals surface area contributed by atoms with Crippen molar-refractivity contribution in [1.82, 2.24) is 10.6 Å². The van der Waals surface area contributed by atoms with Gasteiger partial charge in [0.1, 0.15) is 12.6 Å². The first-order valence-electron chi connectivity index (χ1n) is 11.2. The molecule has 1 aliphatic carbocycles. The average Bonchev–Trinajstić information content (AvgIpc) is 3.43. The van der Waals surface area contributed by atoms with Crippen LogP contribution in [0.3, 0.4) is 0 Å². The number of aliphatic carboxylic acids is 1. The molecule has 1 fully saturated rings. The Hall–Kier alpha value is -3.43. The number of benzene rings is 2. The number of fused-ring (bicyclic) bond motifs is 3. The van der Waals surface area contributed by atoms with Crippen LogP contribution in [0.25, 0.3) is 11.1 Å². The number of carbonyl (C=O) groups excluding carboxylic acids is 2. The number of rotatable bonds is 8. The van der Waals surface area contributed by atoms with E-state index in [9.17, 15) is 19.5 Å². The van der Waals surface area contributed by atoms with Gasteiger partial charge in [0.25, 0.3) is 0 Å². The zero-order valence-corrected chi connectivity index (χ0v) is 19.0. The van der Waals surface area contributed by atoms with E-state index in [0.717, 1.165) is 22.3 Å². The molecule has 0 saturated carbocycles. The van der Waals surface area contributed by atoms with Gasteiger partial charge in [0, 0.05) is 19.6 Å². The van der Waals surface area contributed by atoms with Crippen LogP contribution in [0.15, 0.2) is 48.5 Å². The zero-order valence-electron chi connectivity index (χ0n) is 19.0. The highest BCUT2D eigenvalue weighted by Crippen LogP contribution is 2.44. The number of carboxylic acids is 1. The van der Waals surface area contributed by atoms with Gasteiger partial charge in [-0.15, -0.1) is 0 Å². The Labute approximate surface area is 197 Å². The smallest absolute Gasteiger partial charge is 0.407 e. The quantitative estimate of drug-likeness (QED) is 0.543. The van der Waals surface area contributed by atoms with Gasteiger partial charge in [0.05, 0.1) is 12.1 Å². The number of hydrogen-bond donors (Lipinski definition) is 3. The summed E-state index contributed by atoms with van der Waals surface area (Å²) in [4.78, 5) is 36.9. The van der Waals surface area contributed by atoms with Gasteiger partial charge in [-0.25, -0.2) is 9.59 Å². The lowest BCUT2D eigenvalue weighted by atomic mass is 9.98. The molecule has 2 amide bonds. The lowest BCUT2D eigenvalue weighted by Gasteiger charge is -2.26. The van der Waals surface area contributed by atoms with Crippen LogP contribution in [-0.4, -0.2) is 67.7 Å². The van der Waals surface area contributed by atoms with Crippen LogP contribution < -0.4 is 10.6 Å². The van der Waals surface area contributed by atoms with Gasteiger partial charge in [-0.1, -0.05) is 48.5 Å². The van der Waals surface area contributed by atoms with Crippen LogP contribution in [-0.2, 0) is 23.8 Å². The first-order chi connectivity index (χ1) is 16.4. The number of methoxy groups -OCH3 is 1. The van der Waals surface area contributed by atoms with E-state index in [-0.39, 0.29) is 19.1 Å². The van der Waals surface area contributed by atoms with Gasteiger partial charge >= 0.3 is 12.1 Å². The second kappa shape index (κ2) is 10.2. The molecule has 0 bridgehead atoms. The van der Waals surface area contributed by atoms with Gasteiger partial charge < -0.3 is 30.0 Å². The van der Waals surface area contributed by atoms with E-state index in [4.69, 9.17) is 14.2 Å². The van der Waals surface area contributed by atoms with Gasteiger partial charge in [-0.3, -0.25) is 4.79 Å². The Balaban J connectivity index is 1.41. The van der Waals surface area contributed by atoms with Gasteiger partial charge in [0.2, 0.25) is 5.91 Å². The van der Waals surface area contributed by atoms with Crippen LogP contribution in [0.4, 0.5) is 4.79 Å². The van der Waals surface area contributed by atoms with Crippen molar-refractivity contribution < 1.29 is 33.7 Å². The molecule has 9 heteroatoms. The summed E-state index contributed by atoms with van der Waals surface area (Å²) in [6, 6.07) is 14.2. The molecule has 3 N–H and O–H groups in total. The van der Waals surface area contributed by atoms with Gasteiger partial charge in [0.15, 0.2) is 6.10 Å². The third kappa shape index (κ3) is 4.76. The number of alkyl carbamates (subject to hydrolysis) is 1. The van der Waals surface area contributed by atoms with Crippen molar-refractivity contribution in [3.05, 3.63) is 59.7 Å². The highest BCUT2D eigenvalue weighted by Gasteiger charge is 2.38. The fourth-order valence-electron chi connectivity index (χ4n) is 4.55. The van der Waals surface area contributed by atoms with Crippen molar-refractivity contribution in [2.24, 2.45) is 0 Å². The van der Waals surface area contributed by atoms with Crippen LogP contribution in [0.5, 0.6) is 0 Å². The molecule has 4 atom stereocenters. The van der Waals surface area contributed by atoms with E-state index in [2.05, 4.69) is 10.6 Å². The average molecular weight is 469 g/mol. The van der Waals surface area contributed by atoms with Crippen LogP contribution >= 0.6 is 0 Å². The third-order valence-corrected chi connectivity index (χ3v) is 6.40. The Bertz CT molecular complexity index is 1030. The monoisotopic (exact) mass is 468 g/mol. The first kappa shape index (κ1) is 23.7. The molecule has 2 aromatic carbocycles. The fourth-order valence-corrected chi connectivity index (χ4v) is 4.55. The minimum Gasteiger partial charge on any atom is -0.479 e. The third-order valence-electron chi connectivity index (χ3n) is 6.40. The number of carboxylic acid groups (broad SMARTS) is 1. The molecule has 2 unspecified atom stereocenters. The molecule has 0 radical (unpaired) electrons. The molecule has 2 aromatic rings. The summed E-state index contributed by atoms with van der Waals surface area (Å²) in [7, 11) is 1.42. The van der Waals surface area contributed by atoms with Crippen LogP contribution in [0.1, 0.15) is 30.4 Å². The largest absolute Gasteiger partial charge is 0.479 e. The summed E-state index contributed by atoms with van der Waals surface area (Å²) in [6.45, 7) is 1.97. The number of ether oxygens (including phenoxy) is 3. The second-order valence-electron chi connectivity index (χ2n) is 8.42. The fraction of sp³-hybridized carbons (Fsp3) is 0.400. The summed E-state index contributed by atoms with van der Waals surface area (Å²) < 4.78 is 16.0. The van der Waals surface area contributed by atoms with E-state index in [1.807, 2.05) is 48.5 Å². The summed E-state index contributed by atoms with van der Waals surface area (Å²) >= 11 is 0. The Kier molecular flexibility index (Phi) is 7.14. The Morgan fingerprint density at radius 1 is 1.09 bits per heavy atom. The van der Waals surface area contributed by atoms with Crippen molar-refractivity contribution in [2.45, 2.75) is 43.6 Å². The zero-order chi connectivity index (χ0) is 24.2. The molecule has 0 aromatic heterocycles. The molecule has 4 rings (SSSR count). The summed E-state index contributed by atoms with van der Waals surface area (Å²) in [5.74, 6) is -1.83. The van der Waals surface area contributed by atoms with E-state index >= 15 is 0 Å². The lowest BCUT2D eigenvalue weighted by molar-refractivity contribution is -0.148. The summed E-state index contributed by atoms with van der Waals surface area (Å²) in [6.07, 6.45) is -2.20. The van der Waals surface area contributed by atoms with Crippen molar-refractivity contribution in [2.75, 3.05) is 20.3 Å². The normalized spacial score (nSPS) is 20.6. The van der Waals surface area contributed by atoms with Crippen molar-refractivity contribution in [3.8, 4) is 11.1 Å². The highest BCUT2D eigenvalue weighted by atomic mass is 16.6. The number of hydrogen-bond acceptors (Lipinski definition) is 6. The highest BCUT2D eigenvalue weighted by molar-refractivity contribution is 5.87. The topological polar surface area (TPSA) is 123 Å². The molecular weight excluding hydrogens is 440 g/mol. The van der Waals surface area contributed by atoms with E-state index in [1.165, 1.54) is 7.11 Å². The molecule has 1 heterocycles. The first-order valence-corrected chi connectivity index (χ1v) is 11.2. The maximum atomic E-state index is 12.9. The standard InChI is InChI=1S/C25H28N2O7/c1-14(32-2)21(23(28)26-20-11-12-33-22(20)24(29)30)27-25(31)34-13-19-17-9-5-3-7-15(17)16-8-4-6-10-18(16)19/h3-10,14,19-22H,11-13H2,1-2H3,(H,26,28)(H,27,31)(H,29,30)/t14-,20?,21+,22?/m1/s1. The van der Waals surface area contributed by atoms with Crippen LogP contribution in [0, 0.1) is 0 Å². The molecule has 1 saturated heterocycles. The van der Waals surface area contributed by atoms with Crippen LogP contribution in [0.2, 0.25) is 0 Å². The Morgan fingerprint density at radius 2 is 1.71 bits per heavy atom. The number of carbonyl (C=O) groups is 3. The Morgan fingerprint density at radius 3 is 2.29 bits per heavy atom. The van der Waals surface area contributed by atoms with Crippen molar-refractivity contribution >= 4 is 18.0 Å². The molecule has 0 spiro atoms. The molecule has 180 valence electrons. The molecule has 9 nitrogen and oxygen atoms in total. The van der Waals surface area contributed by atoms with Gasteiger partial charge in [-0.05, 0) is 35.6 Å². The number of amides is 2. The van der Waals surface area contributed by atoms with E-state index in [0.29, 0.717) is 6.42 Å². The van der Waals surface area contributed by atoms with Crippen molar-refractivity contribution in [3.63, 3.8) is 0 Å². The maximum absolute atomic E-state index is 12.9. The molecule has 1 aliphatic heterocycles. The van der Waals surface area contributed by atoms with E-state index in [1.54, 1.807) is 6.92 Å². The van der Waals surface area contributed by atoms with Crippen molar-refractivity contribution in [1.29, 1.82) is 0 Å². The minimum atomic E-state index is -1.15. The molecule has 34 heavy (non-hydrogen) atoms. The van der Waals surface area contributed by atoms with Gasteiger partial charge in [-0.2, -0.15) is 0 Å². The predicted octanol–water partition coefficient (Wildman–Crippen LogP) is 2.29. The maximum Gasteiger partial charge on any atom is 0.407 e. The number of nitrogens with one attached hydrogen (secondary N) is 2. The molecular formula is C25H28N2O7. The summed E-state index contributed by atoms with van der Waals surface area (Å²) in [5.41, 5.74) is 4.39. The predicted molar refractivity (Wildman–Crippen MR) is 122 cm³/mol. The van der Waals surface area contributed by atoms with E-state index < -0.39 is 42.3 Å². The minimum absolute atomic E-state index is 0.104.